The molecule has 0 radical (unpaired) electrons. The van der Waals surface area contributed by atoms with Gasteiger partial charge in [-0.25, -0.2) is 0 Å². The molecule has 0 fully saturated rings. The third-order valence-electron chi connectivity index (χ3n) is 1.62. The average Bonchev–Trinajstić information content (AvgIpc) is 2.15. The van der Waals surface area contributed by atoms with Gasteiger partial charge in [-0.1, -0.05) is 6.92 Å². The van der Waals surface area contributed by atoms with E-state index in [1.54, 1.807) is 0 Å². The summed E-state index contributed by atoms with van der Waals surface area (Å²) in [5, 5.41) is 17.0. The minimum atomic E-state index is -1.06. The third-order valence-corrected chi connectivity index (χ3v) is 2.53. The Bertz CT molecular complexity index is 269. The first-order valence-corrected chi connectivity index (χ1v) is 5.92. The highest BCUT2D eigenvalue weighted by molar-refractivity contribution is 8.00. The number of amides is 1. The Morgan fingerprint density at radius 3 is 2.19 bits per heavy atom. The van der Waals surface area contributed by atoms with Gasteiger partial charge in [-0.05, 0) is 6.42 Å². The molecule has 7 heteroatoms. The Kier molecular flexibility index (Phi) is 7.36. The number of carbonyl (C=O) groups excluding carboxylic acids is 1. The van der Waals surface area contributed by atoms with Gasteiger partial charge in [-0.2, -0.15) is 0 Å². The normalized spacial score (nSPS) is 9.81. The van der Waals surface area contributed by atoms with Crippen LogP contribution in [0.3, 0.4) is 0 Å². The highest BCUT2D eigenvalue weighted by atomic mass is 32.2. The summed E-state index contributed by atoms with van der Waals surface area (Å²) in [6.07, 6.45) is 0.669. The third kappa shape index (κ3) is 7.10. The molecule has 0 aromatic rings. The summed E-state index contributed by atoms with van der Waals surface area (Å²) in [5.74, 6) is -2.54. The molecular weight excluding hydrogens is 234 g/mol. The molecule has 0 aliphatic heterocycles. The molecular formula is C9H15NO5S. The molecule has 0 aliphatic rings. The zero-order valence-electron chi connectivity index (χ0n) is 9.01. The Balaban J connectivity index is 4.05. The number of thioether (sulfide) groups is 1. The van der Waals surface area contributed by atoms with E-state index in [0.717, 1.165) is 11.8 Å². The van der Waals surface area contributed by atoms with Gasteiger partial charge in [-0.3, -0.25) is 14.4 Å². The lowest BCUT2D eigenvalue weighted by Gasteiger charge is -2.19. The predicted octanol–water partition coefficient (Wildman–Crippen LogP) is 0.127. The highest BCUT2D eigenvalue weighted by Gasteiger charge is 2.15. The van der Waals surface area contributed by atoms with Crippen LogP contribution in [0.5, 0.6) is 0 Å². The van der Waals surface area contributed by atoms with Gasteiger partial charge in [0.1, 0.15) is 6.54 Å². The second-order valence-corrected chi connectivity index (χ2v) is 4.08. The molecule has 0 aromatic heterocycles. The van der Waals surface area contributed by atoms with E-state index in [0.29, 0.717) is 13.0 Å². The van der Waals surface area contributed by atoms with Gasteiger partial charge in [0.05, 0.1) is 11.5 Å². The number of hydrogen-bond donors (Lipinski definition) is 2. The maximum absolute atomic E-state index is 11.5. The van der Waals surface area contributed by atoms with Crippen molar-refractivity contribution in [2.75, 3.05) is 24.6 Å². The van der Waals surface area contributed by atoms with Crippen LogP contribution >= 0.6 is 11.8 Å². The Morgan fingerprint density at radius 1 is 1.12 bits per heavy atom. The molecule has 6 nitrogen and oxygen atoms in total. The van der Waals surface area contributed by atoms with Gasteiger partial charge in [0.15, 0.2) is 0 Å². The second-order valence-electron chi connectivity index (χ2n) is 3.10. The van der Waals surface area contributed by atoms with Gasteiger partial charge in [-0.15, -0.1) is 11.8 Å². The van der Waals surface area contributed by atoms with Gasteiger partial charge in [0, 0.05) is 6.54 Å². The number of aliphatic carboxylic acids is 2. The number of carboxylic acid groups (broad SMARTS) is 2. The van der Waals surface area contributed by atoms with E-state index in [2.05, 4.69) is 0 Å². The van der Waals surface area contributed by atoms with Crippen LogP contribution < -0.4 is 0 Å². The Hall–Kier alpha value is -1.24. The zero-order valence-corrected chi connectivity index (χ0v) is 9.83. The second kappa shape index (κ2) is 7.98. The van der Waals surface area contributed by atoms with Crippen molar-refractivity contribution in [3.63, 3.8) is 0 Å². The molecule has 1 amide bonds. The quantitative estimate of drug-likeness (QED) is 0.634. The smallest absolute Gasteiger partial charge is 0.323 e. The summed E-state index contributed by atoms with van der Waals surface area (Å²) in [7, 11) is 0. The summed E-state index contributed by atoms with van der Waals surface area (Å²) in [6.45, 7) is 1.88. The van der Waals surface area contributed by atoms with E-state index in [4.69, 9.17) is 10.2 Å². The maximum Gasteiger partial charge on any atom is 0.323 e. The van der Waals surface area contributed by atoms with Crippen molar-refractivity contribution < 1.29 is 24.6 Å². The molecule has 0 aliphatic carbocycles. The van der Waals surface area contributed by atoms with E-state index in [9.17, 15) is 14.4 Å². The number of carboxylic acids is 2. The van der Waals surface area contributed by atoms with Crippen molar-refractivity contribution in [3.8, 4) is 0 Å². The number of hydrogen-bond acceptors (Lipinski definition) is 4. The Morgan fingerprint density at radius 2 is 1.75 bits per heavy atom. The van der Waals surface area contributed by atoms with Crippen LogP contribution in [0, 0.1) is 0 Å². The lowest BCUT2D eigenvalue weighted by Crippen LogP contribution is -2.37. The molecule has 0 aromatic carbocycles. The SMILES string of the molecule is CCCN(CC(=O)O)C(=O)CSCC(=O)O. The van der Waals surface area contributed by atoms with Crippen molar-refractivity contribution in [1.82, 2.24) is 4.90 Å². The summed E-state index contributed by atoms with van der Waals surface area (Å²) in [4.78, 5) is 33.4. The molecule has 0 saturated carbocycles. The van der Waals surface area contributed by atoms with Gasteiger partial charge < -0.3 is 15.1 Å². The minimum Gasteiger partial charge on any atom is -0.481 e. The van der Waals surface area contributed by atoms with Crippen molar-refractivity contribution in [3.05, 3.63) is 0 Å². The molecule has 0 rings (SSSR count). The van der Waals surface area contributed by atoms with Crippen LogP contribution in [0.15, 0.2) is 0 Å². The zero-order chi connectivity index (χ0) is 12.6. The first-order valence-electron chi connectivity index (χ1n) is 4.76. The largest absolute Gasteiger partial charge is 0.481 e. The lowest BCUT2D eigenvalue weighted by atomic mass is 10.4. The average molecular weight is 249 g/mol. The number of rotatable bonds is 8. The molecule has 92 valence electrons. The van der Waals surface area contributed by atoms with Crippen LogP contribution in [0.1, 0.15) is 13.3 Å². The van der Waals surface area contributed by atoms with Crippen LogP contribution in [0.25, 0.3) is 0 Å². The van der Waals surface area contributed by atoms with Crippen LogP contribution in [0.2, 0.25) is 0 Å². The van der Waals surface area contributed by atoms with Gasteiger partial charge in [0.2, 0.25) is 5.91 Å². The molecule has 0 saturated heterocycles. The minimum absolute atomic E-state index is 0.000417. The standard InChI is InChI=1S/C9H15NO5S/c1-2-3-10(4-8(12)13)7(11)5-16-6-9(14)15/h2-6H2,1H3,(H,12,13)(H,14,15). The van der Waals surface area contributed by atoms with E-state index < -0.39 is 11.9 Å². The first kappa shape index (κ1) is 14.8. The van der Waals surface area contributed by atoms with Crippen LogP contribution in [-0.4, -0.2) is 57.6 Å². The molecule has 0 spiro atoms. The van der Waals surface area contributed by atoms with E-state index in [1.165, 1.54) is 4.90 Å². The van der Waals surface area contributed by atoms with Crippen LogP contribution in [0.4, 0.5) is 0 Å². The maximum atomic E-state index is 11.5. The molecule has 16 heavy (non-hydrogen) atoms. The summed E-state index contributed by atoms with van der Waals surface area (Å²) >= 11 is 0.967. The van der Waals surface area contributed by atoms with Crippen molar-refractivity contribution in [2.24, 2.45) is 0 Å². The van der Waals surface area contributed by atoms with Gasteiger partial charge >= 0.3 is 11.9 Å². The first-order chi connectivity index (χ1) is 7.47. The summed E-state index contributed by atoms with van der Waals surface area (Å²) in [6, 6.07) is 0. The molecule has 0 bridgehead atoms. The molecule has 0 heterocycles. The topological polar surface area (TPSA) is 94.9 Å². The monoisotopic (exact) mass is 249 g/mol. The van der Waals surface area contributed by atoms with Crippen molar-refractivity contribution in [1.29, 1.82) is 0 Å². The Labute approximate surface area is 97.6 Å². The highest BCUT2D eigenvalue weighted by Crippen LogP contribution is 2.03. The lowest BCUT2D eigenvalue weighted by molar-refractivity contribution is -0.143. The predicted molar refractivity (Wildman–Crippen MR) is 59.5 cm³/mol. The molecule has 0 atom stereocenters. The summed E-state index contributed by atoms with van der Waals surface area (Å²) < 4.78 is 0. The molecule has 2 N–H and O–H groups in total. The van der Waals surface area contributed by atoms with E-state index in [1.807, 2.05) is 6.92 Å². The van der Waals surface area contributed by atoms with Crippen molar-refractivity contribution in [2.45, 2.75) is 13.3 Å². The number of nitrogens with zero attached hydrogens (tertiary/aromatic N) is 1. The fourth-order valence-electron chi connectivity index (χ4n) is 1.04. The van der Waals surface area contributed by atoms with Crippen molar-refractivity contribution >= 4 is 29.6 Å². The molecule has 0 unspecified atom stereocenters. The number of carbonyl (C=O) groups is 3. The van der Waals surface area contributed by atoms with E-state index >= 15 is 0 Å². The summed E-state index contributed by atoms with van der Waals surface area (Å²) in [5.41, 5.74) is 0. The fraction of sp³-hybridized carbons (Fsp3) is 0.667. The van der Waals surface area contributed by atoms with E-state index in [-0.39, 0.29) is 24.0 Å². The fourth-order valence-corrected chi connectivity index (χ4v) is 1.68. The van der Waals surface area contributed by atoms with Crippen LogP contribution in [-0.2, 0) is 14.4 Å². The van der Waals surface area contributed by atoms with Gasteiger partial charge in [0.25, 0.3) is 0 Å².